The molecule has 0 N–H and O–H groups in total. The van der Waals surface area contributed by atoms with Crippen molar-refractivity contribution in [2.45, 2.75) is 24.3 Å². The normalized spacial score (nSPS) is 11.3. The molecule has 0 aliphatic carbocycles. The summed E-state index contributed by atoms with van der Waals surface area (Å²) in [5.74, 6) is 1.76. The summed E-state index contributed by atoms with van der Waals surface area (Å²) >= 11 is 3.02. The van der Waals surface area contributed by atoms with Gasteiger partial charge in [0.1, 0.15) is 5.52 Å². The largest absolute Gasteiger partial charge is 0.440 e. The maximum Gasteiger partial charge on any atom is 0.277 e. The van der Waals surface area contributed by atoms with Crippen molar-refractivity contribution < 1.29 is 8.83 Å². The molecule has 3 heterocycles. The van der Waals surface area contributed by atoms with Gasteiger partial charge in [-0.05, 0) is 19.1 Å². The fraction of sp³-hybridized carbons (Fsp3) is 0.200. The minimum absolute atomic E-state index is 0.509. The molecule has 6 nitrogen and oxygen atoms in total. The molecule has 8 heteroatoms. The fourth-order valence-corrected chi connectivity index (χ4v) is 3.35. The molecule has 0 saturated heterocycles. The molecule has 1 aromatic carbocycles. The summed E-state index contributed by atoms with van der Waals surface area (Å²) in [5, 5.41) is 11.6. The quantitative estimate of drug-likeness (QED) is 0.509. The number of hydrogen-bond acceptors (Lipinski definition) is 8. The zero-order valence-electron chi connectivity index (χ0n) is 12.2. The minimum Gasteiger partial charge on any atom is -0.440 e. The van der Waals surface area contributed by atoms with Crippen molar-refractivity contribution in [3.05, 3.63) is 52.1 Å². The number of oxazole rings is 1. The average molecular weight is 344 g/mol. The van der Waals surface area contributed by atoms with E-state index in [1.165, 1.54) is 11.8 Å². The zero-order valence-corrected chi connectivity index (χ0v) is 13.9. The maximum atomic E-state index is 5.66. The number of nitrogens with zero attached hydrogens (tertiary/aromatic N) is 4. The van der Waals surface area contributed by atoms with Gasteiger partial charge >= 0.3 is 0 Å². The van der Waals surface area contributed by atoms with Gasteiger partial charge in [0.15, 0.2) is 5.58 Å². The molecule has 0 aliphatic rings. The van der Waals surface area contributed by atoms with Crippen molar-refractivity contribution in [1.82, 2.24) is 20.2 Å². The Hall–Kier alpha value is -2.19. The summed E-state index contributed by atoms with van der Waals surface area (Å²) in [7, 11) is 0. The molecule has 116 valence electrons. The molecule has 0 unspecified atom stereocenters. The molecule has 0 radical (unpaired) electrons. The van der Waals surface area contributed by atoms with Crippen molar-refractivity contribution in [1.29, 1.82) is 0 Å². The third-order valence-corrected chi connectivity index (χ3v) is 4.73. The molecule has 4 rings (SSSR count). The number of rotatable bonds is 5. The van der Waals surface area contributed by atoms with Gasteiger partial charge in [-0.25, -0.2) is 9.97 Å². The van der Waals surface area contributed by atoms with Crippen LogP contribution in [0.1, 0.15) is 22.5 Å². The van der Waals surface area contributed by atoms with Crippen LogP contribution in [-0.4, -0.2) is 20.2 Å². The average Bonchev–Trinajstić information content (AvgIpc) is 3.25. The first kappa shape index (κ1) is 14.4. The Kier molecular flexibility index (Phi) is 3.84. The standard InChI is InChI=1S/C15H12N4O2S2/c1-9-16-10(7-22-9)6-13-18-19-15(21-13)23-8-14-17-11-4-2-3-5-12(11)20-14/h2-5,7H,6,8H2,1H3. The van der Waals surface area contributed by atoms with E-state index in [4.69, 9.17) is 8.83 Å². The Balaban J connectivity index is 1.41. The highest BCUT2D eigenvalue weighted by molar-refractivity contribution is 7.98. The van der Waals surface area contributed by atoms with E-state index in [1.807, 2.05) is 36.6 Å². The lowest BCUT2D eigenvalue weighted by molar-refractivity contribution is 0.419. The zero-order chi connectivity index (χ0) is 15.6. The first-order valence-electron chi connectivity index (χ1n) is 6.97. The molecule has 0 saturated carbocycles. The van der Waals surface area contributed by atoms with Crippen LogP contribution >= 0.6 is 23.1 Å². The van der Waals surface area contributed by atoms with Crippen molar-refractivity contribution in [3.63, 3.8) is 0 Å². The van der Waals surface area contributed by atoms with Crippen LogP contribution in [0.25, 0.3) is 11.1 Å². The van der Waals surface area contributed by atoms with Gasteiger partial charge in [-0.15, -0.1) is 21.5 Å². The Morgan fingerprint density at radius 2 is 2.00 bits per heavy atom. The van der Waals surface area contributed by atoms with Gasteiger partial charge in [0.05, 0.1) is 22.9 Å². The van der Waals surface area contributed by atoms with E-state index in [1.54, 1.807) is 11.3 Å². The number of thioether (sulfide) groups is 1. The predicted molar refractivity (Wildman–Crippen MR) is 87.5 cm³/mol. The monoisotopic (exact) mass is 344 g/mol. The van der Waals surface area contributed by atoms with E-state index in [0.717, 1.165) is 21.8 Å². The van der Waals surface area contributed by atoms with Crippen LogP contribution < -0.4 is 0 Å². The summed E-state index contributed by atoms with van der Waals surface area (Å²) in [6.07, 6.45) is 0.556. The predicted octanol–water partition coefficient (Wildman–Crippen LogP) is 3.86. The molecule has 0 fully saturated rings. The van der Waals surface area contributed by atoms with Gasteiger partial charge in [0, 0.05) is 5.38 Å². The Morgan fingerprint density at radius 3 is 2.83 bits per heavy atom. The molecule has 4 aromatic rings. The van der Waals surface area contributed by atoms with Gasteiger partial charge in [0.25, 0.3) is 5.22 Å². The molecular formula is C15H12N4O2S2. The lowest BCUT2D eigenvalue weighted by Gasteiger charge is -1.91. The number of para-hydroxylation sites is 2. The van der Waals surface area contributed by atoms with Gasteiger partial charge in [-0.2, -0.15) is 0 Å². The van der Waals surface area contributed by atoms with Crippen LogP contribution in [0, 0.1) is 6.92 Å². The van der Waals surface area contributed by atoms with Gasteiger partial charge in [0.2, 0.25) is 11.8 Å². The highest BCUT2D eigenvalue weighted by atomic mass is 32.2. The van der Waals surface area contributed by atoms with Crippen molar-refractivity contribution in [3.8, 4) is 0 Å². The van der Waals surface area contributed by atoms with E-state index in [9.17, 15) is 0 Å². The fourth-order valence-electron chi connectivity index (χ4n) is 2.12. The number of aromatic nitrogens is 4. The smallest absolute Gasteiger partial charge is 0.277 e. The number of aryl methyl sites for hydroxylation is 1. The molecular weight excluding hydrogens is 332 g/mol. The first-order valence-corrected chi connectivity index (χ1v) is 8.83. The lowest BCUT2D eigenvalue weighted by Crippen LogP contribution is -1.88. The third kappa shape index (κ3) is 3.27. The molecule has 3 aromatic heterocycles. The number of fused-ring (bicyclic) bond motifs is 1. The second-order valence-corrected chi connectivity index (χ2v) is 6.85. The van der Waals surface area contributed by atoms with E-state index in [0.29, 0.717) is 29.2 Å². The Morgan fingerprint density at radius 1 is 1.09 bits per heavy atom. The van der Waals surface area contributed by atoms with E-state index < -0.39 is 0 Å². The van der Waals surface area contributed by atoms with Crippen LogP contribution in [0.5, 0.6) is 0 Å². The van der Waals surface area contributed by atoms with E-state index in [2.05, 4.69) is 20.2 Å². The number of benzene rings is 1. The molecule has 0 aliphatic heterocycles. The second-order valence-electron chi connectivity index (χ2n) is 4.86. The minimum atomic E-state index is 0.509. The van der Waals surface area contributed by atoms with E-state index in [-0.39, 0.29) is 0 Å². The summed E-state index contributed by atoms with van der Waals surface area (Å²) in [6.45, 7) is 1.98. The van der Waals surface area contributed by atoms with Crippen LogP contribution in [0.3, 0.4) is 0 Å². The van der Waals surface area contributed by atoms with Crippen LogP contribution in [0.15, 0.2) is 43.7 Å². The van der Waals surface area contributed by atoms with E-state index >= 15 is 0 Å². The van der Waals surface area contributed by atoms with Crippen LogP contribution in [0.2, 0.25) is 0 Å². The first-order chi connectivity index (χ1) is 11.3. The van der Waals surface area contributed by atoms with Crippen molar-refractivity contribution in [2.75, 3.05) is 0 Å². The summed E-state index contributed by atoms with van der Waals surface area (Å²) < 4.78 is 11.3. The van der Waals surface area contributed by atoms with Crippen LogP contribution in [0.4, 0.5) is 0 Å². The molecule has 0 spiro atoms. The summed E-state index contributed by atoms with van der Waals surface area (Å²) in [4.78, 5) is 8.81. The van der Waals surface area contributed by atoms with Gasteiger partial charge in [-0.1, -0.05) is 23.9 Å². The highest BCUT2D eigenvalue weighted by Gasteiger charge is 2.12. The SMILES string of the molecule is Cc1nc(Cc2nnc(SCc3nc4ccccc4o3)o2)cs1. The molecule has 0 amide bonds. The summed E-state index contributed by atoms with van der Waals surface area (Å²) in [5.41, 5.74) is 2.59. The summed E-state index contributed by atoms with van der Waals surface area (Å²) in [6, 6.07) is 7.69. The van der Waals surface area contributed by atoms with Gasteiger partial charge < -0.3 is 8.83 Å². The van der Waals surface area contributed by atoms with Crippen molar-refractivity contribution in [2.24, 2.45) is 0 Å². The van der Waals surface area contributed by atoms with Crippen LogP contribution in [-0.2, 0) is 12.2 Å². The Bertz CT molecular complexity index is 911. The molecule has 0 atom stereocenters. The van der Waals surface area contributed by atoms with Gasteiger partial charge in [-0.3, -0.25) is 0 Å². The topological polar surface area (TPSA) is 77.8 Å². The molecule has 0 bridgehead atoms. The highest BCUT2D eigenvalue weighted by Crippen LogP contribution is 2.24. The third-order valence-electron chi connectivity index (χ3n) is 3.10. The second kappa shape index (κ2) is 6.13. The number of hydrogen-bond donors (Lipinski definition) is 0. The maximum absolute atomic E-state index is 5.66. The Labute approximate surface area is 140 Å². The lowest BCUT2D eigenvalue weighted by atomic mass is 10.3. The molecule has 23 heavy (non-hydrogen) atoms. The number of thiazole rings is 1. The van der Waals surface area contributed by atoms with Crippen molar-refractivity contribution >= 4 is 34.2 Å².